The molecule has 2 aromatic rings. The van der Waals surface area contributed by atoms with Gasteiger partial charge in [-0.05, 0) is 28.4 Å². The van der Waals surface area contributed by atoms with Gasteiger partial charge in [0.05, 0.1) is 24.5 Å². The first-order chi connectivity index (χ1) is 18.8. The predicted molar refractivity (Wildman–Crippen MR) is 151 cm³/mol. The molecule has 1 amide bonds. The normalized spacial score (nSPS) is 26.0. The van der Waals surface area contributed by atoms with Gasteiger partial charge in [-0.2, -0.15) is 13.2 Å². The summed E-state index contributed by atoms with van der Waals surface area (Å²) in [5, 5.41) is 10.5. The lowest BCUT2D eigenvalue weighted by molar-refractivity contribution is -0.172. The summed E-state index contributed by atoms with van der Waals surface area (Å²) >= 11 is 0. The van der Waals surface area contributed by atoms with Crippen LogP contribution in [-0.2, 0) is 9.22 Å². The van der Waals surface area contributed by atoms with E-state index in [1.54, 1.807) is 4.90 Å². The van der Waals surface area contributed by atoms with Crippen LogP contribution in [-0.4, -0.2) is 61.7 Å². The SMILES string of the molecule is C=C1N[C@H]2[C@H](CO[Si](c3ccccc3)(c3ccccc3)C(C)(C)C)N=C(NC(=O)C(F)(F)F)N3[C@H](C)C=CC23N1. The number of carbonyl (C=O) groups excluding carboxylic acids is 1. The summed E-state index contributed by atoms with van der Waals surface area (Å²) < 4.78 is 47.1. The van der Waals surface area contributed by atoms with Gasteiger partial charge in [-0.25, -0.2) is 4.99 Å². The summed E-state index contributed by atoms with van der Waals surface area (Å²) in [5.41, 5.74) is -0.966. The Balaban J connectivity index is 1.59. The molecule has 11 heteroatoms. The largest absolute Gasteiger partial charge is 0.471 e. The molecule has 2 aromatic carbocycles. The third-order valence-electron chi connectivity index (χ3n) is 7.86. The van der Waals surface area contributed by atoms with Gasteiger partial charge in [0.25, 0.3) is 8.32 Å². The van der Waals surface area contributed by atoms with Crippen molar-refractivity contribution < 1.29 is 22.4 Å². The highest BCUT2D eigenvalue weighted by molar-refractivity contribution is 6.99. The van der Waals surface area contributed by atoms with E-state index in [4.69, 9.17) is 9.42 Å². The maximum Gasteiger partial charge on any atom is 0.471 e. The first-order valence-electron chi connectivity index (χ1n) is 13.2. The van der Waals surface area contributed by atoms with Gasteiger partial charge in [-0.1, -0.05) is 94.1 Å². The minimum Gasteiger partial charge on any atom is -0.405 e. The number of carbonyl (C=O) groups is 1. The lowest BCUT2D eigenvalue weighted by Crippen LogP contribution is -2.72. The summed E-state index contributed by atoms with van der Waals surface area (Å²) in [6, 6.07) is 18.8. The van der Waals surface area contributed by atoms with E-state index in [0.717, 1.165) is 10.4 Å². The molecule has 3 aliphatic rings. The highest BCUT2D eigenvalue weighted by Crippen LogP contribution is 2.41. The van der Waals surface area contributed by atoms with Crippen LogP contribution in [0.4, 0.5) is 13.2 Å². The monoisotopic (exact) mass is 569 g/mol. The molecule has 0 saturated carbocycles. The zero-order valence-corrected chi connectivity index (χ0v) is 23.9. The van der Waals surface area contributed by atoms with E-state index in [2.05, 4.69) is 62.2 Å². The first-order valence-corrected chi connectivity index (χ1v) is 15.1. The highest BCUT2D eigenvalue weighted by Gasteiger charge is 2.59. The average molecular weight is 570 g/mol. The van der Waals surface area contributed by atoms with Crippen molar-refractivity contribution in [2.24, 2.45) is 4.99 Å². The number of rotatable bonds is 5. The van der Waals surface area contributed by atoms with E-state index < -0.39 is 38.1 Å². The fourth-order valence-electron chi connectivity index (χ4n) is 6.22. The van der Waals surface area contributed by atoms with Crippen LogP contribution in [0.15, 0.2) is 90.2 Å². The van der Waals surface area contributed by atoms with Gasteiger partial charge in [0.15, 0.2) is 5.66 Å². The third-order valence-corrected chi connectivity index (χ3v) is 12.9. The standard InChI is InChI=1S/C29H34F3N5O2Si/c1-19-16-17-28-24(33-20(2)36-28)23(34-26(37(19)28)35-25(38)29(30,31)32)18-39-40(27(3,4)5,21-12-8-6-9-13-21)22-14-10-7-11-15-22/h6-17,19,23-24,33,36H,2,18H2,1,3-5H3,(H,34,35,38)/t19-,23+,24+,28?/m1/s1. The molecule has 1 saturated heterocycles. The van der Waals surface area contributed by atoms with Gasteiger partial charge in [0.1, 0.15) is 6.04 Å². The Morgan fingerprint density at radius 3 is 2.20 bits per heavy atom. The molecule has 3 aliphatic heterocycles. The molecule has 1 spiro atoms. The minimum absolute atomic E-state index is 0.100. The summed E-state index contributed by atoms with van der Waals surface area (Å²) in [6.45, 7) is 12.4. The molecule has 0 bridgehead atoms. The second kappa shape index (κ2) is 9.81. The predicted octanol–water partition coefficient (Wildman–Crippen LogP) is 2.97. The van der Waals surface area contributed by atoms with Crippen molar-refractivity contribution in [1.29, 1.82) is 0 Å². The molecule has 3 heterocycles. The van der Waals surface area contributed by atoms with E-state index >= 15 is 0 Å². The topological polar surface area (TPSA) is 78.0 Å². The van der Waals surface area contributed by atoms with E-state index in [0.29, 0.717) is 5.82 Å². The quantitative estimate of drug-likeness (QED) is 0.381. The number of nitrogens with zero attached hydrogens (tertiary/aromatic N) is 2. The third kappa shape index (κ3) is 4.50. The summed E-state index contributed by atoms with van der Waals surface area (Å²) in [4.78, 5) is 18.4. The molecule has 4 atom stereocenters. The van der Waals surface area contributed by atoms with Crippen molar-refractivity contribution >= 4 is 30.6 Å². The van der Waals surface area contributed by atoms with Crippen LogP contribution < -0.4 is 26.3 Å². The molecule has 0 aliphatic carbocycles. The summed E-state index contributed by atoms with van der Waals surface area (Å²) in [7, 11) is -2.97. The van der Waals surface area contributed by atoms with Crippen LogP contribution in [0.5, 0.6) is 0 Å². The Labute approximate surface area is 233 Å². The first kappa shape index (κ1) is 28.0. The van der Waals surface area contributed by atoms with Crippen LogP contribution in [0, 0.1) is 0 Å². The van der Waals surface area contributed by atoms with Crippen molar-refractivity contribution in [1.82, 2.24) is 20.9 Å². The number of alkyl halides is 3. The number of nitrogens with one attached hydrogen (secondary N) is 3. The average Bonchev–Trinajstić information content (AvgIpc) is 3.41. The molecule has 7 nitrogen and oxygen atoms in total. The summed E-state index contributed by atoms with van der Waals surface area (Å²) in [6.07, 6.45) is -1.28. The van der Waals surface area contributed by atoms with Crippen molar-refractivity contribution in [3.63, 3.8) is 0 Å². The van der Waals surface area contributed by atoms with Crippen molar-refractivity contribution in [3.05, 3.63) is 85.2 Å². The fraction of sp³-hybridized carbons (Fsp3) is 0.379. The maximum atomic E-state index is 13.3. The lowest BCUT2D eigenvalue weighted by Gasteiger charge is -2.49. The molecule has 0 radical (unpaired) electrons. The molecule has 1 fully saturated rings. The van der Waals surface area contributed by atoms with Gasteiger partial charge < -0.3 is 20.0 Å². The van der Waals surface area contributed by atoms with Crippen molar-refractivity contribution in [2.45, 2.75) is 62.7 Å². The number of guanidine groups is 1. The molecular weight excluding hydrogens is 535 g/mol. The van der Waals surface area contributed by atoms with Crippen LogP contribution >= 0.6 is 0 Å². The van der Waals surface area contributed by atoms with Crippen molar-refractivity contribution in [3.8, 4) is 0 Å². The number of amides is 1. The fourth-order valence-corrected chi connectivity index (χ4v) is 10.8. The molecule has 0 aromatic heterocycles. The Bertz CT molecular complexity index is 1300. The minimum atomic E-state index is -5.06. The van der Waals surface area contributed by atoms with E-state index in [1.165, 1.54) is 0 Å². The van der Waals surface area contributed by atoms with E-state index in [1.807, 2.05) is 60.8 Å². The Kier molecular flexibility index (Phi) is 6.86. The van der Waals surface area contributed by atoms with Crippen LogP contribution in [0.25, 0.3) is 0 Å². The molecular formula is C29H34F3N5O2Si. The van der Waals surface area contributed by atoms with Gasteiger partial charge in [0, 0.05) is 0 Å². The zero-order valence-electron chi connectivity index (χ0n) is 22.9. The Morgan fingerprint density at radius 2 is 1.68 bits per heavy atom. The Morgan fingerprint density at radius 1 is 1.10 bits per heavy atom. The second-order valence-corrected chi connectivity index (χ2v) is 15.8. The molecule has 3 N–H and O–H groups in total. The highest BCUT2D eigenvalue weighted by atomic mass is 28.4. The lowest BCUT2D eigenvalue weighted by atomic mass is 9.93. The molecule has 40 heavy (non-hydrogen) atoms. The van der Waals surface area contributed by atoms with Crippen LogP contribution in [0.2, 0.25) is 5.04 Å². The molecule has 1 unspecified atom stereocenters. The van der Waals surface area contributed by atoms with Gasteiger partial charge in [-0.3, -0.25) is 10.1 Å². The molecule has 212 valence electrons. The smallest absolute Gasteiger partial charge is 0.405 e. The number of benzene rings is 2. The van der Waals surface area contributed by atoms with E-state index in [9.17, 15) is 18.0 Å². The van der Waals surface area contributed by atoms with Crippen LogP contribution in [0.1, 0.15) is 27.7 Å². The maximum absolute atomic E-state index is 13.3. The van der Waals surface area contributed by atoms with Crippen molar-refractivity contribution in [2.75, 3.05) is 6.61 Å². The number of halogens is 3. The Hall–Kier alpha value is -3.57. The van der Waals surface area contributed by atoms with Gasteiger partial charge in [0.2, 0.25) is 5.96 Å². The second-order valence-electron chi connectivity index (χ2n) is 11.5. The summed E-state index contributed by atoms with van der Waals surface area (Å²) in [5.74, 6) is -1.71. The van der Waals surface area contributed by atoms with Gasteiger partial charge in [-0.15, -0.1) is 0 Å². The zero-order chi connectivity index (χ0) is 28.9. The van der Waals surface area contributed by atoms with Gasteiger partial charge >= 0.3 is 12.1 Å². The van der Waals surface area contributed by atoms with E-state index in [-0.39, 0.29) is 23.6 Å². The number of hydrogen-bond donors (Lipinski definition) is 3. The molecule has 5 rings (SSSR count). The van der Waals surface area contributed by atoms with Crippen LogP contribution in [0.3, 0.4) is 0 Å². The number of hydrogen-bond acceptors (Lipinski definition) is 6. The number of aliphatic imine (C=N–C) groups is 1.